The van der Waals surface area contributed by atoms with E-state index >= 15 is 0 Å². The number of rotatable bonds is 2. The Labute approximate surface area is 114 Å². The Morgan fingerprint density at radius 1 is 0.737 bits per heavy atom. The summed E-state index contributed by atoms with van der Waals surface area (Å²) in [6.07, 6.45) is 0. The van der Waals surface area contributed by atoms with Gasteiger partial charge in [-0.2, -0.15) is 0 Å². The normalized spacial score (nSPS) is 12.2. The van der Waals surface area contributed by atoms with Crippen LogP contribution < -0.4 is 0 Å². The summed E-state index contributed by atoms with van der Waals surface area (Å²) in [5, 5.41) is 5.36. The molecule has 0 saturated carbocycles. The van der Waals surface area contributed by atoms with Crippen LogP contribution in [0.3, 0.4) is 0 Å². The summed E-state index contributed by atoms with van der Waals surface area (Å²) in [5.41, 5.74) is 1.43. The molecule has 3 rings (SSSR count). The summed E-state index contributed by atoms with van der Waals surface area (Å²) < 4.78 is 0.950. The van der Waals surface area contributed by atoms with Gasteiger partial charge in [0.2, 0.25) is 0 Å². The molecule has 19 heavy (non-hydrogen) atoms. The van der Waals surface area contributed by atoms with Crippen LogP contribution in [0.5, 0.6) is 0 Å². The molecular formula is C18H20N+. The maximum Gasteiger partial charge on any atom is 0.104 e. The second-order valence-electron chi connectivity index (χ2n) is 6.29. The van der Waals surface area contributed by atoms with Gasteiger partial charge < -0.3 is 4.48 Å². The summed E-state index contributed by atoms with van der Waals surface area (Å²) in [6, 6.07) is 19.8. The van der Waals surface area contributed by atoms with Crippen LogP contribution in [0.1, 0.15) is 5.56 Å². The molecule has 3 aromatic carbocycles. The number of nitrogens with zero attached hydrogens (tertiary/aromatic N) is 1. The zero-order valence-electron chi connectivity index (χ0n) is 11.9. The molecule has 0 unspecified atom stereocenters. The molecule has 0 bridgehead atoms. The van der Waals surface area contributed by atoms with Crippen LogP contribution in [0.25, 0.3) is 21.5 Å². The molecular weight excluding hydrogens is 230 g/mol. The molecule has 0 saturated heterocycles. The van der Waals surface area contributed by atoms with E-state index in [1.807, 2.05) is 0 Å². The second kappa shape index (κ2) is 4.36. The SMILES string of the molecule is C[N+](C)(C)Cc1cccc2cc3ccccc3cc12. The Hall–Kier alpha value is -1.86. The number of fused-ring (bicyclic) bond motifs is 2. The fourth-order valence-corrected chi connectivity index (χ4v) is 2.68. The lowest BCUT2D eigenvalue weighted by molar-refractivity contribution is -0.883. The van der Waals surface area contributed by atoms with E-state index in [4.69, 9.17) is 0 Å². The molecule has 0 N–H and O–H groups in total. The van der Waals surface area contributed by atoms with Gasteiger partial charge in [0.25, 0.3) is 0 Å². The van der Waals surface area contributed by atoms with Crippen molar-refractivity contribution in [3.63, 3.8) is 0 Å². The van der Waals surface area contributed by atoms with Gasteiger partial charge in [0.05, 0.1) is 21.1 Å². The lowest BCUT2D eigenvalue weighted by atomic mass is 9.99. The monoisotopic (exact) mass is 250 g/mol. The Morgan fingerprint density at radius 2 is 1.37 bits per heavy atom. The van der Waals surface area contributed by atoms with Crippen LogP contribution in [0.2, 0.25) is 0 Å². The Balaban J connectivity index is 2.26. The van der Waals surface area contributed by atoms with Crippen LogP contribution in [0.4, 0.5) is 0 Å². The highest BCUT2D eigenvalue weighted by molar-refractivity contribution is 5.99. The number of hydrogen-bond acceptors (Lipinski definition) is 0. The highest BCUT2D eigenvalue weighted by Gasteiger charge is 2.11. The van der Waals surface area contributed by atoms with Crippen LogP contribution in [-0.4, -0.2) is 25.6 Å². The average Bonchev–Trinajstić information content (AvgIpc) is 2.35. The van der Waals surface area contributed by atoms with E-state index in [9.17, 15) is 0 Å². The van der Waals surface area contributed by atoms with Gasteiger partial charge in [0.15, 0.2) is 0 Å². The molecule has 0 aromatic heterocycles. The smallest absolute Gasteiger partial charge is 0.104 e. The van der Waals surface area contributed by atoms with Crippen LogP contribution in [0.15, 0.2) is 54.6 Å². The van der Waals surface area contributed by atoms with E-state index < -0.39 is 0 Å². The van der Waals surface area contributed by atoms with Crippen molar-refractivity contribution in [2.45, 2.75) is 6.54 Å². The van der Waals surface area contributed by atoms with Crippen molar-refractivity contribution in [3.05, 3.63) is 60.2 Å². The zero-order valence-corrected chi connectivity index (χ0v) is 11.9. The van der Waals surface area contributed by atoms with Crippen LogP contribution in [0, 0.1) is 0 Å². The van der Waals surface area contributed by atoms with Gasteiger partial charge in [-0.15, -0.1) is 0 Å². The molecule has 0 aliphatic rings. The molecule has 0 radical (unpaired) electrons. The first kappa shape index (κ1) is 12.2. The second-order valence-corrected chi connectivity index (χ2v) is 6.29. The minimum atomic E-state index is 0.950. The summed E-state index contributed by atoms with van der Waals surface area (Å²) >= 11 is 0. The lowest BCUT2D eigenvalue weighted by Crippen LogP contribution is -2.33. The average molecular weight is 250 g/mol. The lowest BCUT2D eigenvalue weighted by Gasteiger charge is -2.24. The van der Waals surface area contributed by atoms with Gasteiger partial charge in [-0.25, -0.2) is 0 Å². The predicted octanol–water partition coefficient (Wildman–Crippen LogP) is 4.20. The number of quaternary nitrogens is 1. The van der Waals surface area contributed by atoms with Crippen molar-refractivity contribution < 1.29 is 4.48 Å². The Morgan fingerprint density at radius 3 is 2.05 bits per heavy atom. The minimum absolute atomic E-state index is 0.950. The summed E-state index contributed by atoms with van der Waals surface area (Å²) in [6.45, 7) is 1.05. The molecule has 96 valence electrons. The first-order chi connectivity index (χ1) is 9.03. The molecule has 3 aromatic rings. The molecule has 1 nitrogen and oxygen atoms in total. The molecule has 0 amide bonds. The maximum atomic E-state index is 2.33. The van der Waals surface area contributed by atoms with Crippen molar-refractivity contribution in [3.8, 4) is 0 Å². The van der Waals surface area contributed by atoms with E-state index in [1.165, 1.54) is 27.1 Å². The standard InChI is InChI=1S/C18H20N/c1-19(2,3)13-17-10-6-9-16-11-14-7-4-5-8-15(14)12-18(16)17/h4-12H,13H2,1-3H3/q+1. The predicted molar refractivity (Wildman–Crippen MR) is 83.2 cm³/mol. The third-order valence-electron chi connectivity index (χ3n) is 3.48. The zero-order chi connectivity index (χ0) is 13.5. The number of hydrogen-bond donors (Lipinski definition) is 0. The van der Waals surface area contributed by atoms with Crippen LogP contribution in [-0.2, 0) is 6.54 Å². The highest BCUT2D eigenvalue weighted by Crippen LogP contribution is 2.26. The fourth-order valence-electron chi connectivity index (χ4n) is 2.68. The van der Waals surface area contributed by atoms with E-state index in [1.54, 1.807) is 0 Å². The largest absolute Gasteiger partial charge is 0.327 e. The Kier molecular flexibility index (Phi) is 2.79. The van der Waals surface area contributed by atoms with Crippen LogP contribution >= 0.6 is 0 Å². The quantitative estimate of drug-likeness (QED) is 0.472. The van der Waals surface area contributed by atoms with E-state index in [0.29, 0.717) is 0 Å². The summed E-state index contributed by atoms with van der Waals surface area (Å²) in [5.74, 6) is 0. The number of benzene rings is 3. The third kappa shape index (κ3) is 2.47. The molecule has 0 spiro atoms. The fraction of sp³-hybridized carbons (Fsp3) is 0.222. The van der Waals surface area contributed by atoms with Crippen molar-refractivity contribution in [2.75, 3.05) is 21.1 Å². The van der Waals surface area contributed by atoms with E-state index in [0.717, 1.165) is 11.0 Å². The third-order valence-corrected chi connectivity index (χ3v) is 3.48. The van der Waals surface area contributed by atoms with Crippen molar-refractivity contribution in [2.24, 2.45) is 0 Å². The van der Waals surface area contributed by atoms with Gasteiger partial charge in [0, 0.05) is 5.56 Å². The van der Waals surface area contributed by atoms with Crippen molar-refractivity contribution in [1.82, 2.24) is 0 Å². The minimum Gasteiger partial charge on any atom is -0.327 e. The van der Waals surface area contributed by atoms with E-state index in [2.05, 4.69) is 75.7 Å². The summed E-state index contributed by atoms with van der Waals surface area (Å²) in [7, 11) is 6.71. The first-order valence-electron chi connectivity index (χ1n) is 6.74. The Bertz CT molecular complexity index is 735. The molecule has 0 heterocycles. The van der Waals surface area contributed by atoms with Gasteiger partial charge in [0.1, 0.15) is 6.54 Å². The van der Waals surface area contributed by atoms with Gasteiger partial charge in [-0.05, 0) is 33.7 Å². The van der Waals surface area contributed by atoms with Crippen molar-refractivity contribution >= 4 is 21.5 Å². The van der Waals surface area contributed by atoms with E-state index in [-0.39, 0.29) is 0 Å². The maximum absolute atomic E-state index is 2.33. The molecule has 0 aliphatic heterocycles. The topological polar surface area (TPSA) is 0 Å². The molecule has 0 atom stereocenters. The first-order valence-corrected chi connectivity index (χ1v) is 6.74. The van der Waals surface area contributed by atoms with Gasteiger partial charge in [-0.3, -0.25) is 0 Å². The molecule has 0 fully saturated rings. The molecule has 1 heteroatoms. The molecule has 0 aliphatic carbocycles. The highest BCUT2D eigenvalue weighted by atomic mass is 15.3. The summed E-state index contributed by atoms with van der Waals surface area (Å²) in [4.78, 5) is 0. The van der Waals surface area contributed by atoms with Gasteiger partial charge in [-0.1, -0.05) is 42.5 Å². The van der Waals surface area contributed by atoms with Crippen molar-refractivity contribution in [1.29, 1.82) is 0 Å². The van der Waals surface area contributed by atoms with Gasteiger partial charge >= 0.3 is 0 Å².